The number of nitrogens with one attached hydrogen (secondary N) is 1. The minimum atomic E-state index is -1.50. The van der Waals surface area contributed by atoms with E-state index in [1.54, 1.807) is 45.4 Å². The maximum absolute atomic E-state index is 14.4. The molecule has 1 amide bonds. The quantitative estimate of drug-likeness (QED) is 0.214. The Morgan fingerprint density at radius 3 is 2.33 bits per heavy atom. The van der Waals surface area contributed by atoms with Gasteiger partial charge < -0.3 is 29.6 Å². The zero-order chi connectivity index (χ0) is 30.2. The van der Waals surface area contributed by atoms with Crippen LogP contribution in [0.2, 0.25) is 5.02 Å². The number of carboxylic acid groups (broad SMARTS) is 1. The Balaban J connectivity index is 1.51. The lowest BCUT2D eigenvalue weighted by atomic mass is 9.99. The van der Waals surface area contributed by atoms with Crippen molar-refractivity contribution in [3.63, 3.8) is 0 Å². The highest BCUT2D eigenvalue weighted by Crippen LogP contribution is 2.57. The predicted octanol–water partition coefficient (Wildman–Crippen LogP) is 6.19. The zero-order valence-electron chi connectivity index (χ0n) is 24.2. The van der Waals surface area contributed by atoms with E-state index in [4.69, 9.17) is 25.9 Å². The SMILES string of the molecule is COc1cc(NC(C(=O)N2CC3(CC3)c3ccc(OC)cc32)c2ccc(Cl)cc2)cc(C(C)=NOC(C)(C)C(=O)O)c1. The van der Waals surface area contributed by atoms with Crippen LogP contribution in [-0.2, 0) is 19.8 Å². The first-order chi connectivity index (χ1) is 20.0. The van der Waals surface area contributed by atoms with Crippen LogP contribution in [0.5, 0.6) is 11.5 Å². The Kier molecular flexibility index (Phi) is 7.81. The van der Waals surface area contributed by atoms with E-state index in [0.717, 1.165) is 24.1 Å². The number of ether oxygens (including phenoxy) is 2. The molecule has 42 heavy (non-hydrogen) atoms. The number of carbonyl (C=O) groups is 2. The van der Waals surface area contributed by atoms with Gasteiger partial charge in [-0.05, 0) is 75.1 Å². The van der Waals surface area contributed by atoms with Crippen LogP contribution < -0.4 is 19.7 Å². The Hall–Kier alpha value is -4.24. The highest BCUT2D eigenvalue weighted by molar-refractivity contribution is 6.30. The lowest BCUT2D eigenvalue weighted by molar-refractivity contribution is -0.161. The van der Waals surface area contributed by atoms with Gasteiger partial charge >= 0.3 is 5.97 Å². The predicted molar refractivity (Wildman–Crippen MR) is 162 cm³/mol. The Morgan fingerprint density at radius 2 is 1.71 bits per heavy atom. The van der Waals surface area contributed by atoms with Crippen LogP contribution in [0.25, 0.3) is 0 Å². The lowest BCUT2D eigenvalue weighted by Gasteiger charge is -2.27. The summed E-state index contributed by atoms with van der Waals surface area (Å²) in [5.74, 6) is -0.0272. The van der Waals surface area contributed by atoms with E-state index >= 15 is 0 Å². The van der Waals surface area contributed by atoms with Crippen LogP contribution in [0, 0.1) is 0 Å². The van der Waals surface area contributed by atoms with Crippen molar-refractivity contribution < 1.29 is 29.0 Å². The highest BCUT2D eigenvalue weighted by atomic mass is 35.5. The van der Waals surface area contributed by atoms with E-state index in [1.165, 1.54) is 19.4 Å². The first-order valence-electron chi connectivity index (χ1n) is 13.6. The first-order valence-corrected chi connectivity index (χ1v) is 14.0. The molecule has 1 aliphatic heterocycles. The van der Waals surface area contributed by atoms with Gasteiger partial charge in [-0.2, -0.15) is 0 Å². The summed E-state index contributed by atoms with van der Waals surface area (Å²) in [5.41, 5.74) is 2.95. The van der Waals surface area contributed by atoms with Gasteiger partial charge in [-0.1, -0.05) is 35.0 Å². The van der Waals surface area contributed by atoms with Crippen molar-refractivity contribution in [2.45, 2.75) is 50.7 Å². The normalized spacial score (nSPS) is 16.0. The summed E-state index contributed by atoms with van der Waals surface area (Å²) in [6.45, 7) is 5.16. The van der Waals surface area contributed by atoms with Crippen LogP contribution >= 0.6 is 11.6 Å². The fourth-order valence-electron chi connectivity index (χ4n) is 5.11. The first kappa shape index (κ1) is 29.3. The molecule has 3 aromatic rings. The molecule has 2 N–H and O–H groups in total. The molecule has 1 atom stereocenters. The second-order valence-corrected chi connectivity index (χ2v) is 11.7. The topological polar surface area (TPSA) is 110 Å². The zero-order valence-corrected chi connectivity index (χ0v) is 25.0. The Morgan fingerprint density at radius 1 is 1.02 bits per heavy atom. The van der Waals surface area contributed by atoms with Gasteiger partial charge in [0.25, 0.3) is 5.91 Å². The number of benzene rings is 3. The van der Waals surface area contributed by atoms with E-state index in [0.29, 0.717) is 40.0 Å². The maximum atomic E-state index is 14.4. The molecule has 0 saturated heterocycles. The second-order valence-electron chi connectivity index (χ2n) is 11.3. The number of halogens is 1. The van der Waals surface area contributed by atoms with Gasteiger partial charge in [-0.3, -0.25) is 4.79 Å². The van der Waals surface area contributed by atoms with Gasteiger partial charge in [0.1, 0.15) is 17.5 Å². The lowest BCUT2D eigenvalue weighted by Crippen LogP contribution is -2.38. The number of rotatable bonds is 10. The molecule has 10 heteroatoms. The summed E-state index contributed by atoms with van der Waals surface area (Å²) in [5, 5.41) is 17.4. The third-order valence-electron chi connectivity index (χ3n) is 7.89. The monoisotopic (exact) mass is 591 g/mol. The molecule has 0 bridgehead atoms. The van der Waals surface area contributed by atoms with Gasteiger partial charge in [0.15, 0.2) is 0 Å². The summed E-state index contributed by atoms with van der Waals surface area (Å²) in [6.07, 6.45) is 2.07. The molecular formula is C32H34ClN3O6. The van der Waals surface area contributed by atoms with Crippen LogP contribution in [0.1, 0.15) is 56.3 Å². The Bertz CT molecular complexity index is 1550. The molecule has 9 nitrogen and oxygen atoms in total. The molecule has 1 fully saturated rings. The molecule has 0 radical (unpaired) electrons. The highest BCUT2D eigenvalue weighted by Gasteiger charge is 2.53. The molecule has 1 unspecified atom stereocenters. The number of oxime groups is 1. The summed E-state index contributed by atoms with van der Waals surface area (Å²) in [4.78, 5) is 33.0. The fraction of sp³-hybridized carbons (Fsp3) is 0.344. The van der Waals surface area contributed by atoms with Crippen LogP contribution in [-0.4, -0.2) is 49.1 Å². The third-order valence-corrected chi connectivity index (χ3v) is 8.15. The van der Waals surface area contributed by atoms with Gasteiger partial charge in [0.2, 0.25) is 5.60 Å². The molecule has 5 rings (SSSR count). The molecule has 220 valence electrons. The number of fused-ring (bicyclic) bond motifs is 2. The van der Waals surface area contributed by atoms with Crippen molar-refractivity contribution in [3.05, 3.63) is 82.4 Å². The van der Waals surface area contributed by atoms with Crippen molar-refractivity contribution in [1.29, 1.82) is 0 Å². The van der Waals surface area contributed by atoms with Gasteiger partial charge in [0, 0.05) is 40.4 Å². The average Bonchev–Trinajstić information content (AvgIpc) is 3.70. The van der Waals surface area contributed by atoms with Crippen molar-refractivity contribution in [1.82, 2.24) is 0 Å². The summed E-state index contributed by atoms with van der Waals surface area (Å²) < 4.78 is 11.0. The average molecular weight is 592 g/mol. The third kappa shape index (κ3) is 5.74. The fourth-order valence-corrected chi connectivity index (χ4v) is 5.23. The maximum Gasteiger partial charge on any atom is 0.350 e. The summed E-state index contributed by atoms with van der Waals surface area (Å²) >= 11 is 6.20. The number of hydrogen-bond acceptors (Lipinski definition) is 7. The number of carboxylic acids is 1. The largest absolute Gasteiger partial charge is 0.497 e. The number of carbonyl (C=O) groups excluding carboxylic acids is 1. The molecule has 1 aliphatic carbocycles. The molecule has 1 spiro atoms. The molecule has 3 aromatic carbocycles. The summed E-state index contributed by atoms with van der Waals surface area (Å²) in [6, 6.07) is 17.8. The number of methoxy groups -OCH3 is 2. The number of hydrogen-bond donors (Lipinski definition) is 2. The molecule has 2 aliphatic rings. The molecule has 1 saturated carbocycles. The van der Waals surface area contributed by atoms with Crippen LogP contribution in [0.4, 0.5) is 11.4 Å². The molecule has 1 heterocycles. The van der Waals surface area contributed by atoms with Gasteiger partial charge in [-0.15, -0.1) is 0 Å². The summed E-state index contributed by atoms with van der Waals surface area (Å²) in [7, 11) is 3.16. The smallest absolute Gasteiger partial charge is 0.350 e. The second kappa shape index (κ2) is 11.2. The number of nitrogens with zero attached hydrogens (tertiary/aromatic N) is 2. The molecular weight excluding hydrogens is 558 g/mol. The standard InChI is InChI=1S/C32H34ClN3O6/c1-19(35-42-31(2,3)30(38)39)21-14-23(16-25(15-21)41-5)34-28(20-6-8-22(33)9-7-20)29(37)36-18-32(12-13-32)26-11-10-24(40-4)17-27(26)36/h6-11,14-17,28,34H,12-13,18H2,1-5H3,(H,38,39). The van der Waals surface area contributed by atoms with E-state index < -0.39 is 17.6 Å². The number of aliphatic carboxylic acids is 1. The number of amides is 1. The van der Waals surface area contributed by atoms with Crippen LogP contribution in [0.15, 0.2) is 65.8 Å². The van der Waals surface area contributed by atoms with Crippen molar-refractivity contribution in [2.24, 2.45) is 5.16 Å². The van der Waals surface area contributed by atoms with Crippen molar-refractivity contribution in [3.8, 4) is 11.5 Å². The van der Waals surface area contributed by atoms with Crippen LogP contribution in [0.3, 0.4) is 0 Å². The minimum absolute atomic E-state index is 0.0117. The van der Waals surface area contributed by atoms with E-state index in [1.807, 2.05) is 35.2 Å². The van der Waals surface area contributed by atoms with E-state index in [-0.39, 0.29) is 11.3 Å². The molecule has 0 aromatic heterocycles. The van der Waals surface area contributed by atoms with E-state index in [9.17, 15) is 14.7 Å². The minimum Gasteiger partial charge on any atom is -0.497 e. The van der Waals surface area contributed by atoms with Gasteiger partial charge in [-0.25, -0.2) is 4.79 Å². The van der Waals surface area contributed by atoms with Crippen molar-refractivity contribution >= 4 is 40.6 Å². The number of anilines is 2. The van der Waals surface area contributed by atoms with E-state index in [2.05, 4.69) is 16.5 Å². The van der Waals surface area contributed by atoms with Gasteiger partial charge in [0.05, 0.1) is 25.6 Å². The Labute approximate surface area is 250 Å². The van der Waals surface area contributed by atoms with Crippen molar-refractivity contribution in [2.75, 3.05) is 31.0 Å².